The predicted molar refractivity (Wildman–Crippen MR) is 50.1 cm³/mol. The molecule has 0 aliphatic carbocycles. The average Bonchev–Trinajstić information content (AvgIpc) is 2.03. The SMILES string of the molecule is C=CC[C@H](CCCCC)C(=O)O. The van der Waals surface area contributed by atoms with Crippen LogP contribution in [-0.2, 0) is 4.79 Å². The van der Waals surface area contributed by atoms with Crippen LogP contribution in [0.5, 0.6) is 0 Å². The van der Waals surface area contributed by atoms with E-state index in [1.807, 2.05) is 0 Å². The van der Waals surface area contributed by atoms with Gasteiger partial charge in [0.25, 0.3) is 0 Å². The van der Waals surface area contributed by atoms with Crippen molar-refractivity contribution >= 4 is 5.97 Å². The van der Waals surface area contributed by atoms with Crippen LogP contribution in [0.25, 0.3) is 0 Å². The molecule has 0 radical (unpaired) electrons. The first-order chi connectivity index (χ1) is 5.72. The zero-order valence-electron chi connectivity index (χ0n) is 7.75. The molecule has 0 aromatic rings. The molecule has 0 amide bonds. The lowest BCUT2D eigenvalue weighted by atomic mass is 9.98. The van der Waals surface area contributed by atoms with Gasteiger partial charge >= 0.3 is 5.97 Å². The molecular formula is C10H18O2. The first kappa shape index (κ1) is 11.2. The summed E-state index contributed by atoms with van der Waals surface area (Å²) in [5.74, 6) is -0.903. The van der Waals surface area contributed by atoms with Crippen LogP contribution in [-0.4, -0.2) is 11.1 Å². The molecule has 12 heavy (non-hydrogen) atoms. The van der Waals surface area contributed by atoms with Crippen molar-refractivity contribution in [3.8, 4) is 0 Å². The number of aliphatic carboxylic acids is 1. The van der Waals surface area contributed by atoms with E-state index in [1.165, 1.54) is 0 Å². The van der Waals surface area contributed by atoms with Crippen molar-refractivity contribution in [2.75, 3.05) is 0 Å². The van der Waals surface area contributed by atoms with E-state index in [4.69, 9.17) is 5.11 Å². The van der Waals surface area contributed by atoms with Gasteiger partial charge in [0.2, 0.25) is 0 Å². The lowest BCUT2D eigenvalue weighted by Crippen LogP contribution is -2.12. The predicted octanol–water partition coefficient (Wildman–Crippen LogP) is 2.84. The van der Waals surface area contributed by atoms with Crippen LogP contribution in [0.3, 0.4) is 0 Å². The third kappa shape index (κ3) is 4.94. The van der Waals surface area contributed by atoms with Crippen LogP contribution in [0.2, 0.25) is 0 Å². The summed E-state index contributed by atoms with van der Waals surface area (Å²) in [4.78, 5) is 10.6. The maximum atomic E-state index is 10.6. The molecule has 0 aliphatic heterocycles. The van der Waals surface area contributed by atoms with Gasteiger partial charge in [-0.3, -0.25) is 4.79 Å². The molecule has 0 heterocycles. The van der Waals surface area contributed by atoms with Crippen LogP contribution >= 0.6 is 0 Å². The van der Waals surface area contributed by atoms with Gasteiger partial charge in [-0.15, -0.1) is 6.58 Å². The van der Waals surface area contributed by atoms with E-state index in [1.54, 1.807) is 6.08 Å². The van der Waals surface area contributed by atoms with Crippen LogP contribution in [0.1, 0.15) is 39.0 Å². The van der Waals surface area contributed by atoms with Crippen molar-refractivity contribution in [1.29, 1.82) is 0 Å². The number of carboxylic acids is 1. The molecule has 0 aromatic carbocycles. The number of rotatable bonds is 7. The van der Waals surface area contributed by atoms with Crippen molar-refractivity contribution in [1.82, 2.24) is 0 Å². The molecule has 0 unspecified atom stereocenters. The summed E-state index contributed by atoms with van der Waals surface area (Å²) in [6, 6.07) is 0. The minimum atomic E-state index is -0.689. The van der Waals surface area contributed by atoms with Gasteiger partial charge in [0.15, 0.2) is 0 Å². The second kappa shape index (κ2) is 6.89. The fraction of sp³-hybridized carbons (Fsp3) is 0.700. The zero-order valence-corrected chi connectivity index (χ0v) is 7.75. The lowest BCUT2D eigenvalue weighted by Gasteiger charge is -2.08. The van der Waals surface area contributed by atoms with Crippen LogP contribution in [0.4, 0.5) is 0 Å². The van der Waals surface area contributed by atoms with E-state index in [2.05, 4.69) is 13.5 Å². The summed E-state index contributed by atoms with van der Waals surface area (Å²) in [5, 5.41) is 8.76. The van der Waals surface area contributed by atoms with Gasteiger partial charge in [0.05, 0.1) is 5.92 Å². The van der Waals surface area contributed by atoms with Gasteiger partial charge in [0, 0.05) is 0 Å². The molecule has 0 spiro atoms. The molecule has 0 rings (SSSR count). The normalized spacial score (nSPS) is 12.4. The van der Waals surface area contributed by atoms with E-state index in [-0.39, 0.29) is 5.92 Å². The Labute approximate surface area is 74.3 Å². The topological polar surface area (TPSA) is 37.3 Å². The Hall–Kier alpha value is -0.790. The van der Waals surface area contributed by atoms with Crippen LogP contribution in [0, 0.1) is 5.92 Å². The highest BCUT2D eigenvalue weighted by Gasteiger charge is 2.14. The summed E-state index contributed by atoms with van der Waals surface area (Å²) in [5.41, 5.74) is 0. The number of unbranched alkanes of at least 4 members (excludes halogenated alkanes) is 2. The molecule has 0 bridgehead atoms. The zero-order chi connectivity index (χ0) is 9.40. The summed E-state index contributed by atoms with van der Waals surface area (Å²) in [6.45, 7) is 5.66. The van der Waals surface area contributed by atoms with E-state index in [0.717, 1.165) is 25.7 Å². The Morgan fingerprint density at radius 3 is 2.67 bits per heavy atom. The smallest absolute Gasteiger partial charge is 0.306 e. The van der Waals surface area contributed by atoms with Gasteiger partial charge in [-0.25, -0.2) is 0 Å². The standard InChI is InChI=1S/C10H18O2/c1-3-5-6-8-9(7-4-2)10(11)12/h4,9H,2-3,5-8H2,1H3,(H,11,12)/t9-/m1/s1. The van der Waals surface area contributed by atoms with E-state index >= 15 is 0 Å². The molecule has 1 atom stereocenters. The molecule has 0 saturated heterocycles. The fourth-order valence-electron chi connectivity index (χ4n) is 1.18. The van der Waals surface area contributed by atoms with Gasteiger partial charge in [-0.2, -0.15) is 0 Å². The number of carbonyl (C=O) groups is 1. The maximum absolute atomic E-state index is 10.6. The van der Waals surface area contributed by atoms with Gasteiger partial charge < -0.3 is 5.11 Å². The summed E-state index contributed by atoms with van der Waals surface area (Å²) >= 11 is 0. The Kier molecular flexibility index (Phi) is 6.44. The number of hydrogen-bond donors (Lipinski definition) is 1. The van der Waals surface area contributed by atoms with Crippen molar-refractivity contribution < 1.29 is 9.90 Å². The van der Waals surface area contributed by atoms with Crippen molar-refractivity contribution in [3.63, 3.8) is 0 Å². The Morgan fingerprint density at radius 2 is 2.25 bits per heavy atom. The first-order valence-corrected chi connectivity index (χ1v) is 4.56. The fourth-order valence-corrected chi connectivity index (χ4v) is 1.18. The van der Waals surface area contributed by atoms with Gasteiger partial charge in [0.1, 0.15) is 0 Å². The highest BCUT2D eigenvalue weighted by Crippen LogP contribution is 2.14. The van der Waals surface area contributed by atoms with Crippen molar-refractivity contribution in [2.24, 2.45) is 5.92 Å². The molecule has 1 N–H and O–H groups in total. The average molecular weight is 170 g/mol. The van der Waals surface area contributed by atoms with Crippen LogP contribution in [0.15, 0.2) is 12.7 Å². The number of allylic oxidation sites excluding steroid dienone is 1. The summed E-state index contributed by atoms with van der Waals surface area (Å²) < 4.78 is 0. The molecule has 0 fully saturated rings. The van der Waals surface area contributed by atoms with Crippen molar-refractivity contribution in [2.45, 2.75) is 39.0 Å². The highest BCUT2D eigenvalue weighted by atomic mass is 16.4. The second-order valence-corrected chi connectivity index (χ2v) is 3.06. The minimum absolute atomic E-state index is 0.214. The molecule has 2 heteroatoms. The monoisotopic (exact) mass is 170 g/mol. The highest BCUT2D eigenvalue weighted by molar-refractivity contribution is 5.70. The van der Waals surface area contributed by atoms with Gasteiger partial charge in [-0.05, 0) is 12.8 Å². The maximum Gasteiger partial charge on any atom is 0.306 e. The molecule has 0 aromatic heterocycles. The van der Waals surface area contributed by atoms with E-state index in [0.29, 0.717) is 6.42 Å². The van der Waals surface area contributed by atoms with Crippen molar-refractivity contribution in [3.05, 3.63) is 12.7 Å². The Bertz CT molecular complexity index is 141. The minimum Gasteiger partial charge on any atom is -0.481 e. The first-order valence-electron chi connectivity index (χ1n) is 4.56. The molecule has 0 saturated carbocycles. The quantitative estimate of drug-likeness (QED) is 0.471. The van der Waals surface area contributed by atoms with E-state index < -0.39 is 5.97 Å². The third-order valence-corrected chi connectivity index (χ3v) is 1.96. The Balaban J connectivity index is 3.63. The summed E-state index contributed by atoms with van der Waals surface area (Å²) in [6.07, 6.45) is 6.35. The summed E-state index contributed by atoms with van der Waals surface area (Å²) in [7, 11) is 0. The second-order valence-electron chi connectivity index (χ2n) is 3.06. The third-order valence-electron chi connectivity index (χ3n) is 1.96. The number of hydrogen-bond acceptors (Lipinski definition) is 1. The molecule has 2 nitrogen and oxygen atoms in total. The molecule has 0 aliphatic rings. The molecular weight excluding hydrogens is 152 g/mol. The van der Waals surface area contributed by atoms with Gasteiger partial charge in [-0.1, -0.05) is 32.3 Å². The lowest BCUT2D eigenvalue weighted by molar-refractivity contribution is -0.141. The largest absolute Gasteiger partial charge is 0.481 e. The molecule has 70 valence electrons. The van der Waals surface area contributed by atoms with E-state index in [9.17, 15) is 4.79 Å². The Morgan fingerprint density at radius 1 is 1.58 bits per heavy atom. The number of carboxylic acid groups (broad SMARTS) is 1. The van der Waals surface area contributed by atoms with Crippen LogP contribution < -0.4 is 0 Å².